The van der Waals surface area contributed by atoms with Gasteiger partial charge in [0.15, 0.2) is 0 Å². The number of thiophene rings is 1. The van der Waals surface area contributed by atoms with Crippen molar-refractivity contribution in [2.75, 3.05) is 6.54 Å². The normalized spacial score (nSPS) is 21.5. The molecule has 0 unspecified atom stereocenters. The Morgan fingerprint density at radius 2 is 2.32 bits per heavy atom. The second kappa shape index (κ2) is 6.01. The summed E-state index contributed by atoms with van der Waals surface area (Å²) < 4.78 is 5.47. The Morgan fingerprint density at radius 3 is 2.95 bits per heavy atom. The Bertz CT molecular complexity index is 684. The molecule has 0 bridgehead atoms. The van der Waals surface area contributed by atoms with E-state index in [1.807, 2.05) is 17.0 Å². The number of rotatable bonds is 4. The maximum atomic E-state index is 12.7. The van der Waals surface area contributed by atoms with Crippen molar-refractivity contribution in [1.29, 1.82) is 0 Å². The van der Waals surface area contributed by atoms with Gasteiger partial charge in [-0.05, 0) is 38.8 Å². The summed E-state index contributed by atoms with van der Waals surface area (Å²) in [5, 5.41) is 7.55. The molecule has 0 radical (unpaired) electrons. The van der Waals surface area contributed by atoms with E-state index in [2.05, 4.69) is 21.9 Å². The molecule has 0 N–H and O–H groups in total. The van der Waals surface area contributed by atoms with E-state index >= 15 is 0 Å². The van der Waals surface area contributed by atoms with Gasteiger partial charge < -0.3 is 4.90 Å². The molecule has 1 aliphatic heterocycles. The van der Waals surface area contributed by atoms with Crippen LogP contribution in [0.4, 0.5) is 0 Å². The minimum atomic E-state index is -0.156. The SMILES string of the molecule is Cc1nonc1CC(=O)N1CCC[C@]1(C)Cc1ccc(Cl)s1. The molecule has 3 rings (SSSR count). The van der Waals surface area contributed by atoms with E-state index in [0.29, 0.717) is 11.4 Å². The summed E-state index contributed by atoms with van der Waals surface area (Å²) in [4.78, 5) is 15.9. The number of hydrogen-bond acceptors (Lipinski definition) is 5. The molecule has 3 heterocycles. The minimum absolute atomic E-state index is 0.0847. The Morgan fingerprint density at radius 1 is 1.50 bits per heavy atom. The molecule has 22 heavy (non-hydrogen) atoms. The molecular weight excluding hydrogens is 322 g/mol. The van der Waals surface area contributed by atoms with Crippen LogP contribution in [0.1, 0.15) is 36.0 Å². The highest BCUT2D eigenvalue weighted by Crippen LogP contribution is 2.35. The van der Waals surface area contributed by atoms with E-state index in [-0.39, 0.29) is 17.9 Å². The van der Waals surface area contributed by atoms with Crippen LogP contribution < -0.4 is 0 Å². The summed E-state index contributed by atoms with van der Waals surface area (Å²) in [5.41, 5.74) is 1.15. The molecule has 0 aromatic carbocycles. The lowest BCUT2D eigenvalue weighted by molar-refractivity contribution is -0.134. The van der Waals surface area contributed by atoms with E-state index < -0.39 is 0 Å². The maximum Gasteiger partial charge on any atom is 0.229 e. The standard InChI is InChI=1S/C15H18ClN3O2S/c1-10-12(18-21-17-10)8-14(20)19-7-3-6-15(19,2)9-11-4-5-13(16)22-11/h4-5H,3,6-9H2,1-2H3/t15-/m1/s1. The van der Waals surface area contributed by atoms with Crippen molar-refractivity contribution in [1.82, 2.24) is 15.2 Å². The van der Waals surface area contributed by atoms with Crippen molar-refractivity contribution in [3.05, 3.63) is 32.7 Å². The predicted octanol–water partition coefficient (Wildman–Crippen LogP) is 3.26. The number of likely N-dealkylation sites (tertiary alicyclic amines) is 1. The van der Waals surface area contributed by atoms with Crippen LogP contribution in [0.5, 0.6) is 0 Å². The molecule has 0 spiro atoms. The summed E-state index contributed by atoms with van der Waals surface area (Å²) >= 11 is 7.60. The lowest BCUT2D eigenvalue weighted by Crippen LogP contribution is -2.47. The molecule has 118 valence electrons. The monoisotopic (exact) mass is 339 g/mol. The predicted molar refractivity (Wildman–Crippen MR) is 85.1 cm³/mol. The average molecular weight is 340 g/mol. The van der Waals surface area contributed by atoms with Crippen molar-refractivity contribution in [3.8, 4) is 0 Å². The Balaban J connectivity index is 1.74. The molecule has 2 aromatic heterocycles. The number of aryl methyl sites for hydroxylation is 1. The summed E-state index contributed by atoms with van der Waals surface area (Å²) in [6.07, 6.45) is 3.12. The largest absolute Gasteiger partial charge is 0.337 e. The van der Waals surface area contributed by atoms with Crippen LogP contribution in [-0.2, 0) is 17.6 Å². The molecule has 0 aliphatic carbocycles. The fourth-order valence-electron chi connectivity index (χ4n) is 3.10. The number of carbonyl (C=O) groups is 1. The minimum Gasteiger partial charge on any atom is -0.337 e. The summed E-state index contributed by atoms with van der Waals surface area (Å²) in [6.45, 7) is 4.74. The Kier molecular flexibility index (Phi) is 4.23. The van der Waals surface area contributed by atoms with Gasteiger partial charge in [-0.2, -0.15) is 0 Å². The van der Waals surface area contributed by atoms with Gasteiger partial charge in [-0.3, -0.25) is 4.79 Å². The number of aromatic nitrogens is 2. The van der Waals surface area contributed by atoms with Crippen molar-refractivity contribution < 1.29 is 9.42 Å². The van der Waals surface area contributed by atoms with Gasteiger partial charge in [0, 0.05) is 23.4 Å². The zero-order chi connectivity index (χ0) is 15.7. The molecule has 1 saturated heterocycles. The molecule has 0 saturated carbocycles. The molecule has 5 nitrogen and oxygen atoms in total. The molecule has 1 amide bonds. The third-order valence-electron chi connectivity index (χ3n) is 4.30. The quantitative estimate of drug-likeness (QED) is 0.857. The average Bonchev–Trinajstić information content (AvgIpc) is 3.13. The van der Waals surface area contributed by atoms with Gasteiger partial charge in [0.25, 0.3) is 0 Å². The van der Waals surface area contributed by atoms with E-state index in [1.165, 1.54) is 4.88 Å². The first kappa shape index (κ1) is 15.5. The zero-order valence-corrected chi connectivity index (χ0v) is 14.2. The first-order chi connectivity index (χ1) is 10.5. The molecule has 7 heteroatoms. The molecule has 1 atom stereocenters. The highest BCUT2D eigenvalue weighted by atomic mass is 35.5. The van der Waals surface area contributed by atoms with Gasteiger partial charge in [0.2, 0.25) is 5.91 Å². The number of carbonyl (C=O) groups excluding carboxylic acids is 1. The van der Waals surface area contributed by atoms with Crippen molar-refractivity contribution >= 4 is 28.8 Å². The lowest BCUT2D eigenvalue weighted by atomic mass is 9.93. The van der Waals surface area contributed by atoms with Gasteiger partial charge in [0.1, 0.15) is 11.4 Å². The van der Waals surface area contributed by atoms with Gasteiger partial charge in [-0.25, -0.2) is 4.63 Å². The van der Waals surface area contributed by atoms with Crippen molar-refractivity contribution in [3.63, 3.8) is 0 Å². The number of nitrogens with zero attached hydrogens (tertiary/aromatic N) is 3. The van der Waals surface area contributed by atoms with Crippen molar-refractivity contribution in [2.24, 2.45) is 0 Å². The fourth-order valence-corrected chi connectivity index (χ4v) is 4.37. The van der Waals surface area contributed by atoms with E-state index in [4.69, 9.17) is 11.6 Å². The smallest absolute Gasteiger partial charge is 0.229 e. The summed E-state index contributed by atoms with van der Waals surface area (Å²) in [6, 6.07) is 3.96. The van der Waals surface area contributed by atoms with E-state index in [9.17, 15) is 4.79 Å². The van der Waals surface area contributed by atoms with Crippen LogP contribution in [0.15, 0.2) is 16.8 Å². The molecular formula is C15H18ClN3O2S. The van der Waals surface area contributed by atoms with Gasteiger partial charge in [-0.1, -0.05) is 21.9 Å². The van der Waals surface area contributed by atoms with Crippen LogP contribution in [0.3, 0.4) is 0 Å². The van der Waals surface area contributed by atoms with E-state index in [1.54, 1.807) is 18.3 Å². The third-order valence-corrected chi connectivity index (χ3v) is 5.53. The second-order valence-electron chi connectivity index (χ2n) is 6.00. The van der Waals surface area contributed by atoms with Gasteiger partial charge in [0.05, 0.1) is 10.8 Å². The van der Waals surface area contributed by atoms with Crippen LogP contribution in [0.2, 0.25) is 4.34 Å². The van der Waals surface area contributed by atoms with Crippen LogP contribution in [0.25, 0.3) is 0 Å². The van der Waals surface area contributed by atoms with Crippen molar-refractivity contribution in [2.45, 2.75) is 45.1 Å². The first-order valence-corrected chi connectivity index (χ1v) is 8.50. The van der Waals surface area contributed by atoms with Gasteiger partial charge in [-0.15, -0.1) is 11.3 Å². The summed E-state index contributed by atoms with van der Waals surface area (Å²) in [7, 11) is 0. The first-order valence-electron chi connectivity index (χ1n) is 7.31. The number of hydrogen-bond donors (Lipinski definition) is 0. The Hall–Kier alpha value is -1.40. The van der Waals surface area contributed by atoms with Crippen LogP contribution in [-0.4, -0.2) is 33.2 Å². The molecule has 1 fully saturated rings. The topological polar surface area (TPSA) is 59.2 Å². The lowest BCUT2D eigenvalue weighted by Gasteiger charge is -2.35. The molecule has 2 aromatic rings. The summed E-state index contributed by atoms with van der Waals surface area (Å²) in [5.74, 6) is 0.0847. The second-order valence-corrected chi connectivity index (χ2v) is 7.80. The maximum absolute atomic E-state index is 12.7. The number of halogens is 1. The van der Waals surface area contributed by atoms with Crippen LogP contribution in [0, 0.1) is 6.92 Å². The van der Waals surface area contributed by atoms with Crippen LogP contribution >= 0.6 is 22.9 Å². The number of amides is 1. The highest BCUT2D eigenvalue weighted by Gasteiger charge is 2.40. The molecule has 1 aliphatic rings. The van der Waals surface area contributed by atoms with Gasteiger partial charge >= 0.3 is 0 Å². The third kappa shape index (κ3) is 3.03. The van der Waals surface area contributed by atoms with E-state index in [0.717, 1.165) is 30.1 Å². The highest BCUT2D eigenvalue weighted by molar-refractivity contribution is 7.16. The Labute approximate surface area is 138 Å². The zero-order valence-electron chi connectivity index (χ0n) is 12.6. The fraction of sp³-hybridized carbons (Fsp3) is 0.533.